The number of benzene rings is 1. The van der Waals surface area contributed by atoms with Crippen LogP contribution < -0.4 is 20.7 Å². The van der Waals surface area contributed by atoms with E-state index in [0.29, 0.717) is 17.9 Å². The number of nitrogens with two attached hydrogens (primary N) is 1. The number of furan rings is 1. The van der Waals surface area contributed by atoms with Crippen LogP contribution in [-0.2, 0) is 6.42 Å². The second-order valence-corrected chi connectivity index (χ2v) is 4.13. The molecule has 0 bridgehead atoms. The Morgan fingerprint density at radius 1 is 1.21 bits per heavy atom. The monoisotopic (exact) mass is 262 g/mol. The molecular formula is C14H18N2O3. The summed E-state index contributed by atoms with van der Waals surface area (Å²) in [5.74, 6) is 7.79. The molecule has 0 spiro atoms. The van der Waals surface area contributed by atoms with Crippen molar-refractivity contribution in [2.24, 2.45) is 5.84 Å². The number of rotatable bonds is 6. The number of methoxy groups -OCH3 is 2. The third kappa shape index (κ3) is 3.07. The minimum atomic E-state index is -0.0758. The van der Waals surface area contributed by atoms with Gasteiger partial charge in [0.05, 0.1) is 26.5 Å². The maximum absolute atomic E-state index is 5.57. The Hall–Kier alpha value is -1.98. The van der Waals surface area contributed by atoms with Gasteiger partial charge >= 0.3 is 0 Å². The summed E-state index contributed by atoms with van der Waals surface area (Å²) < 4.78 is 15.9. The molecule has 1 heterocycles. The highest BCUT2D eigenvalue weighted by Crippen LogP contribution is 2.29. The minimum Gasteiger partial charge on any atom is -0.493 e. The molecule has 5 heteroatoms. The number of hydrogen-bond acceptors (Lipinski definition) is 5. The molecule has 102 valence electrons. The quantitative estimate of drug-likeness (QED) is 0.616. The zero-order valence-corrected chi connectivity index (χ0v) is 11.1. The maximum Gasteiger partial charge on any atom is 0.160 e. The summed E-state index contributed by atoms with van der Waals surface area (Å²) in [6, 6.07) is 9.46. The predicted molar refractivity (Wildman–Crippen MR) is 72.0 cm³/mol. The van der Waals surface area contributed by atoms with E-state index in [1.54, 1.807) is 20.5 Å². The van der Waals surface area contributed by atoms with Crippen molar-refractivity contribution >= 4 is 0 Å². The van der Waals surface area contributed by atoms with Crippen LogP contribution in [0.15, 0.2) is 41.0 Å². The van der Waals surface area contributed by atoms with Crippen molar-refractivity contribution < 1.29 is 13.9 Å². The van der Waals surface area contributed by atoms with Crippen molar-refractivity contribution in [2.45, 2.75) is 12.5 Å². The zero-order valence-electron chi connectivity index (χ0n) is 11.1. The molecule has 1 atom stereocenters. The van der Waals surface area contributed by atoms with Crippen molar-refractivity contribution in [1.82, 2.24) is 5.43 Å². The topological polar surface area (TPSA) is 69.7 Å². The summed E-state index contributed by atoms with van der Waals surface area (Å²) in [6.07, 6.45) is 2.33. The molecule has 0 saturated carbocycles. The summed E-state index contributed by atoms with van der Waals surface area (Å²) in [5, 5.41) is 0. The maximum atomic E-state index is 5.57. The first kappa shape index (κ1) is 13.5. The van der Waals surface area contributed by atoms with E-state index in [1.807, 2.05) is 30.3 Å². The molecule has 3 N–H and O–H groups in total. The van der Waals surface area contributed by atoms with Crippen LogP contribution in [0.4, 0.5) is 0 Å². The Kier molecular flexibility index (Phi) is 4.43. The minimum absolute atomic E-state index is 0.0758. The van der Waals surface area contributed by atoms with Gasteiger partial charge in [-0.25, -0.2) is 5.43 Å². The molecular weight excluding hydrogens is 244 g/mol. The van der Waals surface area contributed by atoms with Gasteiger partial charge in [0.1, 0.15) is 5.76 Å². The Balaban J connectivity index is 2.18. The van der Waals surface area contributed by atoms with E-state index in [0.717, 1.165) is 11.3 Å². The standard InChI is InChI=1S/C14H18N2O3/c1-17-13-6-5-10(9-14(13)18-2)8-11(16-15)12-4-3-7-19-12/h3-7,9,11,16H,8,15H2,1-2H3. The molecule has 19 heavy (non-hydrogen) atoms. The summed E-state index contributed by atoms with van der Waals surface area (Å²) in [5.41, 5.74) is 3.83. The van der Waals surface area contributed by atoms with Gasteiger partial charge in [0.25, 0.3) is 0 Å². The molecule has 0 radical (unpaired) electrons. The lowest BCUT2D eigenvalue weighted by molar-refractivity contribution is 0.354. The normalized spacial score (nSPS) is 12.2. The van der Waals surface area contributed by atoms with Crippen molar-refractivity contribution in [1.29, 1.82) is 0 Å². The van der Waals surface area contributed by atoms with Gasteiger partial charge in [-0.15, -0.1) is 0 Å². The number of nitrogens with one attached hydrogen (secondary N) is 1. The Morgan fingerprint density at radius 3 is 2.58 bits per heavy atom. The lowest BCUT2D eigenvalue weighted by Gasteiger charge is -2.15. The third-order valence-electron chi connectivity index (χ3n) is 2.98. The average molecular weight is 262 g/mol. The van der Waals surface area contributed by atoms with Gasteiger partial charge in [0.15, 0.2) is 11.5 Å². The molecule has 0 fully saturated rings. The zero-order chi connectivity index (χ0) is 13.7. The summed E-state index contributed by atoms with van der Waals surface area (Å²) in [7, 11) is 3.23. The van der Waals surface area contributed by atoms with Crippen LogP contribution >= 0.6 is 0 Å². The van der Waals surface area contributed by atoms with Gasteiger partial charge in [-0.05, 0) is 36.2 Å². The molecule has 1 aromatic heterocycles. The van der Waals surface area contributed by atoms with Crippen LogP contribution in [0.3, 0.4) is 0 Å². The van der Waals surface area contributed by atoms with Gasteiger partial charge in [0, 0.05) is 0 Å². The third-order valence-corrected chi connectivity index (χ3v) is 2.98. The van der Waals surface area contributed by atoms with Crippen molar-refractivity contribution in [2.75, 3.05) is 14.2 Å². The number of ether oxygens (including phenoxy) is 2. The second-order valence-electron chi connectivity index (χ2n) is 4.13. The van der Waals surface area contributed by atoms with Gasteiger partial charge in [-0.1, -0.05) is 6.07 Å². The Bertz CT molecular complexity index is 511. The summed E-state index contributed by atoms with van der Waals surface area (Å²) in [6.45, 7) is 0. The molecule has 0 saturated heterocycles. The van der Waals surface area contributed by atoms with Crippen LogP contribution in [0.25, 0.3) is 0 Å². The highest BCUT2D eigenvalue weighted by atomic mass is 16.5. The first-order valence-corrected chi connectivity index (χ1v) is 5.99. The first-order valence-electron chi connectivity index (χ1n) is 5.99. The van der Waals surface area contributed by atoms with E-state index in [4.69, 9.17) is 19.7 Å². The van der Waals surface area contributed by atoms with Gasteiger partial charge in [-0.3, -0.25) is 5.84 Å². The predicted octanol–water partition coefficient (Wildman–Crippen LogP) is 2.04. The highest BCUT2D eigenvalue weighted by Gasteiger charge is 2.14. The highest BCUT2D eigenvalue weighted by molar-refractivity contribution is 5.43. The lowest BCUT2D eigenvalue weighted by atomic mass is 10.0. The molecule has 2 rings (SSSR count). The molecule has 0 aliphatic carbocycles. The molecule has 0 amide bonds. The smallest absolute Gasteiger partial charge is 0.160 e. The van der Waals surface area contributed by atoms with Gasteiger partial charge in [0.2, 0.25) is 0 Å². The average Bonchev–Trinajstić information content (AvgIpc) is 2.98. The van der Waals surface area contributed by atoms with Crippen molar-refractivity contribution in [3.8, 4) is 11.5 Å². The largest absolute Gasteiger partial charge is 0.493 e. The fraction of sp³-hybridized carbons (Fsp3) is 0.286. The van der Waals surface area contributed by atoms with Gasteiger partial charge in [-0.2, -0.15) is 0 Å². The summed E-state index contributed by atoms with van der Waals surface area (Å²) >= 11 is 0. The van der Waals surface area contributed by atoms with Crippen LogP contribution in [0.5, 0.6) is 11.5 Å². The fourth-order valence-corrected chi connectivity index (χ4v) is 1.97. The van der Waals surface area contributed by atoms with E-state index in [9.17, 15) is 0 Å². The molecule has 0 aliphatic heterocycles. The first-order chi connectivity index (χ1) is 9.28. The van der Waals surface area contributed by atoms with Crippen molar-refractivity contribution in [3.63, 3.8) is 0 Å². The molecule has 1 unspecified atom stereocenters. The van der Waals surface area contributed by atoms with E-state index >= 15 is 0 Å². The van der Waals surface area contributed by atoms with Crippen LogP contribution in [-0.4, -0.2) is 14.2 Å². The van der Waals surface area contributed by atoms with Crippen LogP contribution in [0.2, 0.25) is 0 Å². The molecule has 5 nitrogen and oxygen atoms in total. The van der Waals surface area contributed by atoms with Crippen LogP contribution in [0, 0.1) is 0 Å². The molecule has 1 aromatic carbocycles. The van der Waals surface area contributed by atoms with E-state index in [-0.39, 0.29) is 6.04 Å². The van der Waals surface area contributed by atoms with Crippen molar-refractivity contribution in [3.05, 3.63) is 47.9 Å². The lowest BCUT2D eigenvalue weighted by Crippen LogP contribution is -2.29. The fourth-order valence-electron chi connectivity index (χ4n) is 1.97. The second kappa shape index (κ2) is 6.26. The van der Waals surface area contributed by atoms with E-state index in [1.165, 1.54) is 0 Å². The Labute approximate surface area is 112 Å². The number of hydrogen-bond donors (Lipinski definition) is 2. The SMILES string of the molecule is COc1ccc(CC(NN)c2ccco2)cc1OC. The van der Waals surface area contributed by atoms with E-state index < -0.39 is 0 Å². The van der Waals surface area contributed by atoms with Crippen LogP contribution in [0.1, 0.15) is 17.4 Å². The molecule has 2 aromatic rings. The molecule has 0 aliphatic rings. The summed E-state index contributed by atoms with van der Waals surface area (Å²) in [4.78, 5) is 0. The Morgan fingerprint density at radius 2 is 2.00 bits per heavy atom. The van der Waals surface area contributed by atoms with Gasteiger partial charge < -0.3 is 13.9 Å². The number of hydrazine groups is 1. The van der Waals surface area contributed by atoms with E-state index in [2.05, 4.69) is 5.43 Å².